The SMILES string of the molecule is C.C.C.CS(C)(=O)=O.CS(C)=O. The first-order chi connectivity index (χ1) is 3.73. The quantitative estimate of drug-likeness (QED) is 0.622. The van der Waals surface area contributed by atoms with Crippen LogP contribution >= 0.6 is 0 Å². The van der Waals surface area contributed by atoms with Gasteiger partial charge in [-0.3, -0.25) is 4.21 Å². The zero-order chi connectivity index (χ0) is 8.08. The van der Waals surface area contributed by atoms with Gasteiger partial charge in [-0.1, -0.05) is 22.3 Å². The van der Waals surface area contributed by atoms with Gasteiger partial charge in [-0.15, -0.1) is 0 Å². The second kappa shape index (κ2) is 13.7. The Kier molecular flexibility index (Phi) is 33.7. The predicted octanol–water partition coefficient (Wildman–Crippen LogP) is 1.56. The average Bonchev–Trinajstić information content (AvgIpc) is 1.19. The highest BCUT2D eigenvalue weighted by atomic mass is 32.2. The van der Waals surface area contributed by atoms with Crippen LogP contribution in [0.25, 0.3) is 0 Å². The molecule has 5 heteroatoms. The topological polar surface area (TPSA) is 51.2 Å². The van der Waals surface area contributed by atoms with E-state index < -0.39 is 20.6 Å². The Morgan fingerprint density at radius 3 is 0.917 bits per heavy atom. The van der Waals surface area contributed by atoms with Crippen LogP contribution in [-0.2, 0) is 20.6 Å². The van der Waals surface area contributed by atoms with E-state index in [0.717, 1.165) is 12.5 Å². The van der Waals surface area contributed by atoms with Crippen molar-refractivity contribution < 1.29 is 12.6 Å². The van der Waals surface area contributed by atoms with Gasteiger partial charge < -0.3 is 0 Å². The third-order valence-electron chi connectivity index (χ3n) is 0. The van der Waals surface area contributed by atoms with Crippen LogP contribution in [0.4, 0.5) is 0 Å². The van der Waals surface area contributed by atoms with Crippen molar-refractivity contribution in [3.8, 4) is 0 Å². The molecule has 0 saturated heterocycles. The Morgan fingerprint density at radius 2 is 0.917 bits per heavy atom. The van der Waals surface area contributed by atoms with Crippen molar-refractivity contribution in [1.82, 2.24) is 0 Å². The van der Waals surface area contributed by atoms with Gasteiger partial charge in [0.1, 0.15) is 9.84 Å². The van der Waals surface area contributed by atoms with Crippen molar-refractivity contribution in [3.05, 3.63) is 0 Å². The van der Waals surface area contributed by atoms with E-state index in [1.807, 2.05) is 0 Å². The Hall–Kier alpha value is 0.1000. The van der Waals surface area contributed by atoms with Crippen LogP contribution in [-0.4, -0.2) is 37.6 Å². The first kappa shape index (κ1) is 29.6. The average molecular weight is 220 g/mol. The third kappa shape index (κ3) is 83600. The first-order valence-corrected chi connectivity index (χ1v) is 6.40. The maximum absolute atomic E-state index is 9.63. The van der Waals surface area contributed by atoms with Gasteiger partial charge in [-0.25, -0.2) is 8.42 Å². The molecule has 82 valence electrons. The summed E-state index contributed by atoms with van der Waals surface area (Å²) in [6.45, 7) is 0. The molecule has 0 aromatic rings. The van der Waals surface area contributed by atoms with Crippen molar-refractivity contribution in [2.24, 2.45) is 0 Å². The Balaban J connectivity index is -0.0000000221. The molecule has 12 heavy (non-hydrogen) atoms. The molecule has 0 aromatic heterocycles. The number of rotatable bonds is 0. The summed E-state index contributed by atoms with van der Waals surface area (Å²) in [5.41, 5.74) is 0. The third-order valence-corrected chi connectivity index (χ3v) is 0. The summed E-state index contributed by atoms with van der Waals surface area (Å²) in [6.07, 6.45) is 5.60. The second-order valence-corrected chi connectivity index (χ2v) is 5.65. The molecule has 0 rings (SSSR count). The lowest BCUT2D eigenvalue weighted by Crippen LogP contribution is -1.86. The smallest absolute Gasteiger partial charge is 0.144 e. The number of sulfone groups is 1. The molecule has 0 fully saturated rings. The Bertz CT molecular complexity index is 159. The summed E-state index contributed by atoms with van der Waals surface area (Å²) >= 11 is 0. The molecule has 0 aliphatic carbocycles. The number of hydrogen-bond acceptors (Lipinski definition) is 3. The maximum Gasteiger partial charge on any atom is 0.144 e. The van der Waals surface area contributed by atoms with E-state index in [0.29, 0.717) is 0 Å². The van der Waals surface area contributed by atoms with Crippen LogP contribution in [0, 0.1) is 0 Å². The molecule has 0 radical (unpaired) electrons. The summed E-state index contributed by atoms with van der Waals surface area (Å²) in [4.78, 5) is 0. The summed E-state index contributed by atoms with van der Waals surface area (Å²) in [5.74, 6) is 0. The normalized spacial score (nSPS) is 7.75. The van der Waals surface area contributed by atoms with Crippen LogP contribution in [0.2, 0.25) is 0 Å². The molecule has 0 saturated carbocycles. The van der Waals surface area contributed by atoms with Gasteiger partial charge >= 0.3 is 0 Å². The molecule has 0 amide bonds. The Morgan fingerprint density at radius 1 is 0.917 bits per heavy atom. The van der Waals surface area contributed by atoms with E-state index in [-0.39, 0.29) is 22.3 Å². The highest BCUT2D eigenvalue weighted by molar-refractivity contribution is 7.89. The monoisotopic (exact) mass is 220 g/mol. The molecular weight excluding hydrogens is 196 g/mol. The van der Waals surface area contributed by atoms with E-state index >= 15 is 0 Å². The summed E-state index contributed by atoms with van der Waals surface area (Å²) < 4.78 is 28.8. The van der Waals surface area contributed by atoms with Crippen LogP contribution in [0.5, 0.6) is 0 Å². The Labute approximate surface area is 81.0 Å². The highest BCUT2D eigenvalue weighted by Gasteiger charge is 1.79. The summed E-state index contributed by atoms with van der Waals surface area (Å²) in [6, 6.07) is 0. The molecule has 0 aliphatic rings. The molecule has 0 aliphatic heterocycles. The minimum absolute atomic E-state index is 0. The van der Waals surface area contributed by atoms with Gasteiger partial charge in [-0.2, -0.15) is 0 Å². The largest absolute Gasteiger partial charge is 0.260 e. The van der Waals surface area contributed by atoms with Crippen LogP contribution in [0.3, 0.4) is 0 Å². The zero-order valence-corrected chi connectivity index (χ0v) is 7.67. The van der Waals surface area contributed by atoms with Gasteiger partial charge in [0.25, 0.3) is 0 Å². The highest BCUT2D eigenvalue weighted by Crippen LogP contribution is 1.61. The molecule has 0 atom stereocenters. The molecular formula is C7H24O3S2. The molecule has 0 unspecified atom stereocenters. The number of hydrogen-bond donors (Lipinski definition) is 0. The van der Waals surface area contributed by atoms with Gasteiger partial charge in [0.2, 0.25) is 0 Å². The van der Waals surface area contributed by atoms with Gasteiger partial charge in [0, 0.05) is 35.8 Å². The summed E-state index contributed by atoms with van der Waals surface area (Å²) in [5, 5.41) is 0. The van der Waals surface area contributed by atoms with Crippen molar-refractivity contribution in [2.75, 3.05) is 25.0 Å². The lowest BCUT2D eigenvalue weighted by Gasteiger charge is -1.69. The predicted molar refractivity (Wildman–Crippen MR) is 61.0 cm³/mol. The molecule has 0 spiro atoms. The van der Waals surface area contributed by atoms with E-state index in [1.165, 1.54) is 0 Å². The van der Waals surface area contributed by atoms with E-state index in [4.69, 9.17) is 0 Å². The second-order valence-electron chi connectivity index (χ2n) is 1.88. The van der Waals surface area contributed by atoms with Crippen molar-refractivity contribution in [2.45, 2.75) is 22.3 Å². The molecule has 0 heterocycles. The molecule has 0 aromatic carbocycles. The fourth-order valence-electron chi connectivity index (χ4n) is 0. The zero-order valence-electron chi connectivity index (χ0n) is 6.04. The lowest BCUT2D eigenvalue weighted by molar-refractivity contribution is 0.607. The fourth-order valence-corrected chi connectivity index (χ4v) is 0. The standard InChI is InChI=1S/C2H6O2S.C2H6OS.3CH4/c1-5(2,3)4;1-4(2)3;;;/h1-2H3;1-2H3;3*1H4. The van der Waals surface area contributed by atoms with Gasteiger partial charge in [0.15, 0.2) is 0 Å². The van der Waals surface area contributed by atoms with E-state index in [1.54, 1.807) is 12.5 Å². The van der Waals surface area contributed by atoms with E-state index in [2.05, 4.69) is 0 Å². The van der Waals surface area contributed by atoms with E-state index in [9.17, 15) is 12.6 Å². The molecule has 3 nitrogen and oxygen atoms in total. The lowest BCUT2D eigenvalue weighted by atomic mass is 11.9. The minimum Gasteiger partial charge on any atom is -0.260 e. The maximum atomic E-state index is 9.63. The summed E-state index contributed by atoms with van der Waals surface area (Å²) in [7, 11) is -3.28. The first-order valence-electron chi connectivity index (χ1n) is 2.13. The van der Waals surface area contributed by atoms with Gasteiger partial charge in [0.05, 0.1) is 0 Å². The van der Waals surface area contributed by atoms with Gasteiger partial charge in [-0.05, 0) is 0 Å². The molecule has 0 bridgehead atoms. The van der Waals surface area contributed by atoms with Crippen molar-refractivity contribution in [1.29, 1.82) is 0 Å². The van der Waals surface area contributed by atoms with Crippen LogP contribution < -0.4 is 0 Å². The fraction of sp³-hybridized carbons (Fsp3) is 1.00. The van der Waals surface area contributed by atoms with Crippen LogP contribution in [0.15, 0.2) is 0 Å². The van der Waals surface area contributed by atoms with Crippen LogP contribution in [0.1, 0.15) is 22.3 Å². The molecule has 0 N–H and O–H groups in total. The van der Waals surface area contributed by atoms with Crippen molar-refractivity contribution >= 4 is 20.6 Å². The van der Waals surface area contributed by atoms with Crippen molar-refractivity contribution in [3.63, 3.8) is 0 Å². The minimum atomic E-state index is -2.67.